The van der Waals surface area contributed by atoms with E-state index in [4.69, 9.17) is 9.56 Å². The van der Waals surface area contributed by atoms with Crippen LogP contribution in [0.25, 0.3) is 11.5 Å². The van der Waals surface area contributed by atoms with Crippen molar-refractivity contribution >= 4 is 10.2 Å². The number of pyridine rings is 1. The lowest BCUT2D eigenvalue weighted by Gasteiger charge is -2.30. The van der Waals surface area contributed by atoms with Gasteiger partial charge in [0, 0.05) is 19.3 Å². The monoisotopic (exact) mass is 436 g/mol. The van der Waals surface area contributed by atoms with E-state index in [2.05, 4.69) is 14.7 Å². The lowest BCUT2D eigenvalue weighted by atomic mass is 9.91. The van der Waals surface area contributed by atoms with Crippen LogP contribution in [-0.2, 0) is 10.2 Å². The van der Waals surface area contributed by atoms with Crippen LogP contribution in [0.15, 0.2) is 29.1 Å². The molecule has 2 aromatic heterocycles. The Labute approximate surface area is 162 Å². The Hall–Kier alpha value is -2.25. The largest absolute Gasteiger partial charge is 0.444 e. The fourth-order valence-electron chi connectivity index (χ4n) is 3.99. The first-order valence-corrected chi connectivity index (χ1v) is 10.1. The van der Waals surface area contributed by atoms with E-state index in [-0.39, 0.29) is 48.8 Å². The number of halogens is 4. The maximum Gasteiger partial charge on any atom is 0.387 e. The summed E-state index contributed by atoms with van der Waals surface area (Å²) in [6.07, 6.45) is 3.31. The van der Waals surface area contributed by atoms with Crippen LogP contribution in [0.3, 0.4) is 0 Å². The van der Waals surface area contributed by atoms with Crippen molar-refractivity contribution in [2.24, 2.45) is 10.6 Å². The molecule has 0 radical (unpaired) electrons. The molecule has 158 valence electrons. The van der Waals surface area contributed by atoms with Crippen LogP contribution >= 0.6 is 0 Å². The summed E-state index contributed by atoms with van der Waals surface area (Å²) in [5.74, 6) is -4.60. The Balaban J connectivity index is 1.55. The van der Waals surface area contributed by atoms with Gasteiger partial charge in [-0.2, -0.15) is 21.5 Å². The number of nitrogens with two attached hydrogens (primary N) is 1. The van der Waals surface area contributed by atoms with E-state index >= 15 is 0 Å². The number of nitrogens with zero attached hydrogens (tertiary/aromatic N) is 3. The molecule has 1 saturated carbocycles. The lowest BCUT2D eigenvalue weighted by Crippen LogP contribution is -2.43. The van der Waals surface area contributed by atoms with E-state index in [1.807, 2.05) is 0 Å². The number of alkyl halides is 4. The van der Waals surface area contributed by atoms with Crippen LogP contribution in [0, 0.1) is 5.41 Å². The van der Waals surface area contributed by atoms with Crippen LogP contribution in [0.1, 0.15) is 24.5 Å². The second-order valence-corrected chi connectivity index (χ2v) is 8.57. The number of ether oxygens (including phenoxy) is 1. The number of rotatable bonds is 5. The number of oxazole rings is 1. The fraction of sp³-hybridized carbons (Fsp3) is 0.500. The highest BCUT2D eigenvalue weighted by atomic mass is 32.2. The first-order chi connectivity index (χ1) is 13.5. The van der Waals surface area contributed by atoms with E-state index in [0.717, 1.165) is 16.8 Å². The van der Waals surface area contributed by atoms with Gasteiger partial charge >= 0.3 is 6.61 Å². The zero-order chi connectivity index (χ0) is 21.0. The van der Waals surface area contributed by atoms with Gasteiger partial charge in [-0.25, -0.2) is 18.9 Å². The smallest absolute Gasteiger partial charge is 0.387 e. The van der Waals surface area contributed by atoms with Crippen molar-refractivity contribution in [2.75, 3.05) is 13.1 Å². The normalized spacial score (nSPS) is 23.4. The second kappa shape index (κ2) is 6.64. The summed E-state index contributed by atoms with van der Waals surface area (Å²) in [6, 6.07) is 1.21. The molecule has 4 rings (SSSR count). The average Bonchev–Trinajstić information content (AvgIpc) is 2.96. The molecule has 0 aromatic carbocycles. The molecular weight excluding hydrogens is 420 g/mol. The van der Waals surface area contributed by atoms with Gasteiger partial charge in [0.2, 0.25) is 5.89 Å². The van der Waals surface area contributed by atoms with Crippen LogP contribution < -0.4 is 9.88 Å². The van der Waals surface area contributed by atoms with Crippen LogP contribution in [0.2, 0.25) is 0 Å². The van der Waals surface area contributed by atoms with Gasteiger partial charge in [0.15, 0.2) is 0 Å². The molecule has 2 N–H and O–H groups in total. The van der Waals surface area contributed by atoms with E-state index in [1.54, 1.807) is 0 Å². The SMILES string of the molecule is NS(=O)(=O)N1CCC2(CC1)[C@H](c1coc(-c3cncc(OC(F)F)c3)n1)C2(F)F. The molecule has 13 heteroatoms. The molecule has 0 bridgehead atoms. The molecule has 1 atom stereocenters. The minimum absolute atomic E-state index is 0.00855. The second-order valence-electron chi connectivity index (χ2n) is 7.02. The lowest BCUT2D eigenvalue weighted by molar-refractivity contribution is -0.0500. The van der Waals surface area contributed by atoms with Crippen molar-refractivity contribution in [3.05, 3.63) is 30.4 Å². The molecule has 1 spiro atoms. The number of hydrogen-bond donors (Lipinski definition) is 1. The van der Waals surface area contributed by atoms with E-state index in [0.29, 0.717) is 0 Å². The highest BCUT2D eigenvalue weighted by molar-refractivity contribution is 7.86. The molecule has 2 aromatic rings. The Bertz CT molecular complexity index is 1020. The summed E-state index contributed by atoms with van der Waals surface area (Å²) in [6.45, 7) is -3.25. The third kappa shape index (κ3) is 3.36. The van der Waals surface area contributed by atoms with Crippen molar-refractivity contribution in [2.45, 2.75) is 31.3 Å². The van der Waals surface area contributed by atoms with Crippen molar-refractivity contribution in [3.63, 3.8) is 0 Å². The van der Waals surface area contributed by atoms with Crippen LogP contribution in [-0.4, -0.2) is 48.3 Å². The standard InChI is InChI=1S/C16H16F4N4O4S/c17-14(18)28-10-5-9(6-22-7-10)13-23-11(8-27-13)12-15(16(12,19)20)1-3-24(4-2-15)29(21,25)26/h5-8,12,14H,1-4H2,(H2,21,25,26)/t12-/m0/s1. The summed E-state index contributed by atoms with van der Waals surface area (Å²) < 4.78 is 87.3. The zero-order valence-corrected chi connectivity index (χ0v) is 15.6. The number of piperidine rings is 1. The van der Waals surface area contributed by atoms with Gasteiger partial charge in [-0.05, 0) is 18.9 Å². The quantitative estimate of drug-likeness (QED) is 0.721. The molecule has 0 amide bonds. The molecule has 1 aliphatic carbocycles. The minimum atomic E-state index is -3.93. The summed E-state index contributed by atoms with van der Waals surface area (Å²) in [5, 5.41) is 5.06. The minimum Gasteiger partial charge on any atom is -0.444 e. The highest BCUT2D eigenvalue weighted by Gasteiger charge is 2.81. The van der Waals surface area contributed by atoms with Crippen LogP contribution in [0.4, 0.5) is 17.6 Å². The summed E-state index contributed by atoms with van der Waals surface area (Å²) in [4.78, 5) is 7.84. The van der Waals surface area contributed by atoms with Crippen molar-refractivity contribution in [3.8, 4) is 17.2 Å². The third-order valence-corrected chi connectivity index (χ3v) is 6.56. The van der Waals surface area contributed by atoms with Gasteiger partial charge < -0.3 is 9.15 Å². The number of hydrogen-bond acceptors (Lipinski definition) is 6. The highest BCUT2D eigenvalue weighted by Crippen LogP contribution is 2.75. The first-order valence-electron chi connectivity index (χ1n) is 8.56. The third-order valence-electron chi connectivity index (χ3n) is 5.47. The molecule has 1 saturated heterocycles. The maximum absolute atomic E-state index is 14.7. The molecular formula is C16H16F4N4O4S. The van der Waals surface area contributed by atoms with Gasteiger partial charge in [-0.15, -0.1) is 0 Å². The molecule has 8 nitrogen and oxygen atoms in total. The van der Waals surface area contributed by atoms with Crippen molar-refractivity contribution in [1.82, 2.24) is 14.3 Å². The summed E-state index contributed by atoms with van der Waals surface area (Å²) >= 11 is 0. The zero-order valence-electron chi connectivity index (χ0n) is 14.8. The van der Waals surface area contributed by atoms with E-state index in [9.17, 15) is 26.0 Å². The molecule has 29 heavy (non-hydrogen) atoms. The molecule has 0 unspecified atom stereocenters. The Morgan fingerprint density at radius 3 is 2.59 bits per heavy atom. The maximum atomic E-state index is 14.7. The van der Waals surface area contributed by atoms with E-state index < -0.39 is 34.1 Å². The first kappa shape index (κ1) is 20.0. The van der Waals surface area contributed by atoms with E-state index in [1.165, 1.54) is 12.3 Å². The Morgan fingerprint density at radius 1 is 1.28 bits per heavy atom. The van der Waals surface area contributed by atoms with Gasteiger partial charge in [0.1, 0.15) is 12.0 Å². The fourth-order valence-corrected chi connectivity index (χ4v) is 4.69. The average molecular weight is 436 g/mol. The molecule has 1 aliphatic heterocycles. The van der Waals surface area contributed by atoms with Gasteiger partial charge in [0.05, 0.1) is 28.8 Å². The van der Waals surface area contributed by atoms with Crippen molar-refractivity contribution < 1.29 is 35.1 Å². The summed E-state index contributed by atoms with van der Waals surface area (Å²) in [7, 11) is -3.93. The molecule has 2 aliphatic rings. The molecule has 3 heterocycles. The van der Waals surface area contributed by atoms with Gasteiger partial charge in [-0.1, -0.05) is 0 Å². The van der Waals surface area contributed by atoms with Crippen molar-refractivity contribution in [1.29, 1.82) is 0 Å². The van der Waals surface area contributed by atoms with Crippen LogP contribution in [0.5, 0.6) is 5.75 Å². The van der Waals surface area contributed by atoms with Gasteiger partial charge in [-0.3, -0.25) is 4.98 Å². The summed E-state index contributed by atoms with van der Waals surface area (Å²) in [5.41, 5.74) is -1.22. The number of aromatic nitrogens is 2. The van der Waals surface area contributed by atoms with Gasteiger partial charge in [0.25, 0.3) is 16.1 Å². The predicted molar refractivity (Wildman–Crippen MR) is 90.4 cm³/mol. The Morgan fingerprint density at radius 2 is 1.97 bits per heavy atom. The topological polar surface area (TPSA) is 112 Å². The Kier molecular flexibility index (Phi) is 4.59. The molecule has 2 fully saturated rings. The predicted octanol–water partition coefficient (Wildman–Crippen LogP) is 2.36.